The van der Waals surface area contributed by atoms with Crippen LogP contribution in [0.25, 0.3) is 0 Å². The highest BCUT2D eigenvalue weighted by molar-refractivity contribution is 9.10. The molecule has 0 aliphatic heterocycles. The molecule has 17 heavy (non-hydrogen) atoms. The molecule has 0 aliphatic rings. The van der Waals surface area contributed by atoms with Gasteiger partial charge in [0.15, 0.2) is 0 Å². The monoisotopic (exact) mass is 306 g/mol. The lowest BCUT2D eigenvalue weighted by Gasteiger charge is -2.13. The second-order valence-electron chi connectivity index (χ2n) is 3.08. The average molecular weight is 307 g/mol. The smallest absolute Gasteiger partial charge is 0.329 e. The fourth-order valence-electron chi connectivity index (χ4n) is 1.06. The van der Waals surface area contributed by atoms with Crippen LogP contribution in [0, 0.1) is 11.3 Å². The molecular formula is C10H6BrF3N2O. The SMILES string of the molecule is N#CC(NC(=O)C(F)(F)F)c1ccc(Br)cc1. The summed E-state index contributed by atoms with van der Waals surface area (Å²) in [7, 11) is 0. The summed E-state index contributed by atoms with van der Waals surface area (Å²) < 4.78 is 36.7. The third-order valence-corrected chi connectivity index (χ3v) is 2.39. The van der Waals surface area contributed by atoms with E-state index in [-0.39, 0.29) is 5.56 Å². The van der Waals surface area contributed by atoms with E-state index in [2.05, 4.69) is 15.9 Å². The van der Waals surface area contributed by atoms with Crippen LogP contribution in [0.15, 0.2) is 28.7 Å². The predicted octanol–water partition coefficient (Wildman–Crippen LogP) is 2.69. The van der Waals surface area contributed by atoms with Crippen molar-refractivity contribution in [3.05, 3.63) is 34.3 Å². The Morgan fingerprint density at radius 3 is 2.29 bits per heavy atom. The molecule has 7 heteroatoms. The summed E-state index contributed by atoms with van der Waals surface area (Å²) in [4.78, 5) is 10.7. The maximum absolute atomic E-state index is 12.0. The van der Waals surface area contributed by atoms with Gasteiger partial charge in [-0.25, -0.2) is 0 Å². The minimum absolute atomic E-state index is 0.285. The van der Waals surface area contributed by atoms with Crippen molar-refractivity contribution < 1.29 is 18.0 Å². The van der Waals surface area contributed by atoms with Crippen molar-refractivity contribution in [1.82, 2.24) is 5.32 Å². The maximum Gasteiger partial charge on any atom is 0.471 e. The Balaban J connectivity index is 2.84. The van der Waals surface area contributed by atoms with Gasteiger partial charge in [0.25, 0.3) is 0 Å². The van der Waals surface area contributed by atoms with Gasteiger partial charge in [-0.05, 0) is 17.7 Å². The van der Waals surface area contributed by atoms with Crippen molar-refractivity contribution in [2.24, 2.45) is 0 Å². The number of halogens is 4. The molecule has 3 nitrogen and oxygen atoms in total. The fraction of sp³-hybridized carbons (Fsp3) is 0.200. The zero-order chi connectivity index (χ0) is 13.1. The molecule has 0 fully saturated rings. The van der Waals surface area contributed by atoms with Crippen molar-refractivity contribution in [3.63, 3.8) is 0 Å². The number of nitriles is 1. The van der Waals surface area contributed by atoms with Crippen molar-refractivity contribution in [3.8, 4) is 6.07 Å². The van der Waals surface area contributed by atoms with E-state index in [0.717, 1.165) is 4.47 Å². The number of carbonyl (C=O) groups excluding carboxylic acids is 1. The van der Waals surface area contributed by atoms with E-state index in [1.165, 1.54) is 12.1 Å². The third kappa shape index (κ3) is 3.75. The number of benzene rings is 1. The Kier molecular flexibility index (Phi) is 4.12. The number of carbonyl (C=O) groups is 1. The van der Waals surface area contributed by atoms with E-state index in [9.17, 15) is 18.0 Å². The molecule has 1 N–H and O–H groups in total. The van der Waals surface area contributed by atoms with E-state index in [1.54, 1.807) is 23.5 Å². The van der Waals surface area contributed by atoms with Gasteiger partial charge in [-0.15, -0.1) is 0 Å². The van der Waals surface area contributed by atoms with Gasteiger partial charge in [-0.2, -0.15) is 18.4 Å². The Morgan fingerprint density at radius 1 is 1.35 bits per heavy atom. The molecule has 0 spiro atoms. The summed E-state index contributed by atoms with van der Waals surface area (Å²) >= 11 is 3.15. The van der Waals surface area contributed by atoms with Crippen LogP contribution in [-0.4, -0.2) is 12.1 Å². The fourth-order valence-corrected chi connectivity index (χ4v) is 1.32. The summed E-state index contributed by atoms with van der Waals surface area (Å²) in [5.74, 6) is -2.13. The molecule has 1 aromatic rings. The highest BCUT2D eigenvalue weighted by Gasteiger charge is 2.39. The number of hydrogen-bond acceptors (Lipinski definition) is 2. The van der Waals surface area contributed by atoms with Crippen molar-refractivity contribution >= 4 is 21.8 Å². The molecular weight excluding hydrogens is 301 g/mol. The first-order valence-electron chi connectivity index (χ1n) is 4.37. The van der Waals surface area contributed by atoms with E-state index in [4.69, 9.17) is 5.26 Å². The van der Waals surface area contributed by atoms with Crippen molar-refractivity contribution in [2.75, 3.05) is 0 Å². The largest absolute Gasteiger partial charge is 0.471 e. The van der Waals surface area contributed by atoms with E-state index in [0.29, 0.717) is 0 Å². The molecule has 0 aliphatic carbocycles. The average Bonchev–Trinajstić information content (AvgIpc) is 2.25. The first-order valence-corrected chi connectivity index (χ1v) is 5.16. The molecule has 90 valence electrons. The topological polar surface area (TPSA) is 52.9 Å². The second kappa shape index (κ2) is 5.19. The van der Waals surface area contributed by atoms with E-state index < -0.39 is 18.1 Å². The van der Waals surface area contributed by atoms with Gasteiger partial charge < -0.3 is 5.32 Å². The lowest BCUT2D eigenvalue weighted by atomic mass is 10.1. The number of hydrogen-bond donors (Lipinski definition) is 1. The molecule has 1 unspecified atom stereocenters. The van der Waals surface area contributed by atoms with Gasteiger partial charge in [0.05, 0.1) is 6.07 Å². The Bertz CT molecular complexity index is 450. The van der Waals surface area contributed by atoms with Gasteiger partial charge in [-0.3, -0.25) is 4.79 Å². The standard InChI is InChI=1S/C10H6BrF3N2O/c11-7-3-1-6(2-4-7)8(5-15)16-9(17)10(12,13)14/h1-4,8H,(H,16,17). The summed E-state index contributed by atoms with van der Waals surface area (Å²) in [5, 5.41) is 10.3. The number of nitrogens with one attached hydrogen (secondary N) is 1. The van der Waals surface area contributed by atoms with Crippen LogP contribution in [0.1, 0.15) is 11.6 Å². The molecule has 0 saturated heterocycles. The third-order valence-electron chi connectivity index (χ3n) is 1.87. The minimum atomic E-state index is -5.00. The van der Waals surface area contributed by atoms with Crippen molar-refractivity contribution in [1.29, 1.82) is 5.26 Å². The number of alkyl halides is 3. The molecule has 1 amide bonds. The molecule has 1 aromatic carbocycles. The number of nitrogens with zero attached hydrogens (tertiary/aromatic N) is 1. The Labute approximate surface area is 103 Å². The summed E-state index contributed by atoms with van der Waals surface area (Å²) in [6.45, 7) is 0. The van der Waals surface area contributed by atoms with Crippen LogP contribution in [0.4, 0.5) is 13.2 Å². The highest BCUT2D eigenvalue weighted by atomic mass is 79.9. The quantitative estimate of drug-likeness (QED) is 0.913. The molecule has 0 heterocycles. The first-order chi connectivity index (χ1) is 7.84. The van der Waals surface area contributed by atoms with Crippen LogP contribution >= 0.6 is 15.9 Å². The summed E-state index contributed by atoms with van der Waals surface area (Å²) in [6, 6.07) is 6.32. The van der Waals surface area contributed by atoms with E-state index in [1.807, 2.05) is 0 Å². The summed E-state index contributed by atoms with van der Waals surface area (Å²) in [6.07, 6.45) is -5.00. The van der Waals surface area contributed by atoms with Crippen LogP contribution in [0.3, 0.4) is 0 Å². The first kappa shape index (κ1) is 13.5. The lowest BCUT2D eigenvalue weighted by molar-refractivity contribution is -0.174. The van der Waals surface area contributed by atoms with Crippen LogP contribution in [0.5, 0.6) is 0 Å². The van der Waals surface area contributed by atoms with Gasteiger partial charge in [0, 0.05) is 4.47 Å². The highest BCUT2D eigenvalue weighted by Crippen LogP contribution is 2.20. The van der Waals surface area contributed by atoms with E-state index >= 15 is 0 Å². The molecule has 0 bridgehead atoms. The maximum atomic E-state index is 12.0. The van der Waals surface area contributed by atoms with Crippen LogP contribution in [0.2, 0.25) is 0 Å². The zero-order valence-corrected chi connectivity index (χ0v) is 9.84. The second-order valence-corrected chi connectivity index (χ2v) is 4.00. The van der Waals surface area contributed by atoms with Crippen molar-refractivity contribution in [2.45, 2.75) is 12.2 Å². The number of amides is 1. The van der Waals surface area contributed by atoms with Gasteiger partial charge in [0.1, 0.15) is 6.04 Å². The lowest BCUT2D eigenvalue weighted by Crippen LogP contribution is -2.38. The van der Waals surface area contributed by atoms with Crippen LogP contribution < -0.4 is 5.32 Å². The predicted molar refractivity (Wildman–Crippen MR) is 56.7 cm³/mol. The van der Waals surface area contributed by atoms with Crippen LogP contribution in [-0.2, 0) is 4.79 Å². The van der Waals surface area contributed by atoms with Gasteiger partial charge in [-0.1, -0.05) is 28.1 Å². The van der Waals surface area contributed by atoms with Gasteiger partial charge in [0.2, 0.25) is 0 Å². The Morgan fingerprint density at radius 2 is 1.88 bits per heavy atom. The molecule has 1 atom stereocenters. The minimum Gasteiger partial charge on any atom is -0.329 e. The molecule has 0 aromatic heterocycles. The number of rotatable bonds is 2. The molecule has 1 rings (SSSR count). The molecule has 0 saturated carbocycles. The molecule has 0 radical (unpaired) electrons. The summed E-state index contributed by atoms with van der Waals surface area (Å²) in [5.41, 5.74) is 0.285. The zero-order valence-electron chi connectivity index (χ0n) is 8.25. The van der Waals surface area contributed by atoms with Gasteiger partial charge >= 0.3 is 12.1 Å². The Hall–Kier alpha value is -1.55. The normalized spacial score (nSPS) is 12.6.